The highest BCUT2D eigenvalue weighted by molar-refractivity contribution is 5.89. The van der Waals surface area contributed by atoms with E-state index >= 15 is 0 Å². The van der Waals surface area contributed by atoms with Crippen molar-refractivity contribution in [1.29, 1.82) is 5.26 Å². The molecule has 0 aliphatic heterocycles. The Bertz CT molecular complexity index is 392. The van der Waals surface area contributed by atoms with E-state index < -0.39 is 5.92 Å². The Kier molecular flexibility index (Phi) is 2.21. The van der Waals surface area contributed by atoms with Gasteiger partial charge in [-0.1, -0.05) is 6.92 Å². The van der Waals surface area contributed by atoms with Crippen molar-refractivity contribution < 1.29 is 4.79 Å². The van der Waals surface area contributed by atoms with E-state index in [2.05, 4.69) is 13.0 Å². The van der Waals surface area contributed by atoms with Crippen molar-refractivity contribution in [3.8, 4) is 6.07 Å². The van der Waals surface area contributed by atoms with Crippen molar-refractivity contribution in [2.45, 2.75) is 52.4 Å². The molecule has 0 aromatic rings. The van der Waals surface area contributed by atoms with Crippen molar-refractivity contribution in [1.82, 2.24) is 0 Å². The van der Waals surface area contributed by atoms with Gasteiger partial charge in [0.2, 0.25) is 0 Å². The summed E-state index contributed by atoms with van der Waals surface area (Å²) in [6.45, 7) is 4.15. The highest BCUT2D eigenvalue weighted by Crippen LogP contribution is 2.65. The Labute approximate surface area is 103 Å². The zero-order chi connectivity index (χ0) is 12.3. The average molecular weight is 231 g/mol. The lowest BCUT2D eigenvalue weighted by atomic mass is 9.43. The molecule has 4 bridgehead atoms. The fourth-order valence-electron chi connectivity index (χ4n) is 5.53. The summed E-state index contributed by atoms with van der Waals surface area (Å²) in [5.74, 6) is 1.36. The zero-order valence-corrected chi connectivity index (χ0v) is 10.8. The van der Waals surface area contributed by atoms with E-state index in [1.807, 2.05) is 0 Å². The van der Waals surface area contributed by atoms with Gasteiger partial charge in [-0.3, -0.25) is 4.79 Å². The van der Waals surface area contributed by atoms with Crippen molar-refractivity contribution in [2.24, 2.45) is 28.6 Å². The molecule has 92 valence electrons. The van der Waals surface area contributed by atoms with Crippen LogP contribution in [0.5, 0.6) is 0 Å². The van der Waals surface area contributed by atoms with Crippen LogP contribution >= 0.6 is 0 Å². The van der Waals surface area contributed by atoms with Crippen molar-refractivity contribution >= 4 is 5.78 Å². The van der Waals surface area contributed by atoms with Gasteiger partial charge in [-0.2, -0.15) is 5.26 Å². The molecule has 0 aromatic carbocycles. The fourth-order valence-corrected chi connectivity index (χ4v) is 5.53. The standard InChI is InChI=1S/C15H21NO/c1-10(8-16)13(17)15-6-11-3-12(7-15)5-14(2,4-11)9-15/h10-12H,3-7,9H2,1-2H3. The molecule has 4 aliphatic carbocycles. The Balaban J connectivity index is 1.94. The molecule has 4 saturated carbocycles. The number of carbonyl (C=O) groups is 1. The highest BCUT2D eigenvalue weighted by atomic mass is 16.1. The van der Waals surface area contributed by atoms with Crippen LogP contribution in [0.1, 0.15) is 52.4 Å². The average Bonchev–Trinajstić information content (AvgIpc) is 2.23. The van der Waals surface area contributed by atoms with Crippen LogP contribution in [0.4, 0.5) is 0 Å². The van der Waals surface area contributed by atoms with Gasteiger partial charge >= 0.3 is 0 Å². The minimum absolute atomic E-state index is 0.117. The maximum absolute atomic E-state index is 12.5. The molecule has 0 amide bonds. The van der Waals surface area contributed by atoms with Crippen molar-refractivity contribution in [3.63, 3.8) is 0 Å². The second-order valence-electron chi connectivity index (χ2n) is 7.27. The molecule has 0 saturated heterocycles. The molecular formula is C15H21NO. The molecule has 4 rings (SSSR count). The molecule has 4 fully saturated rings. The molecule has 0 radical (unpaired) electrons. The first-order valence-corrected chi connectivity index (χ1v) is 6.90. The summed E-state index contributed by atoms with van der Waals surface area (Å²) in [4.78, 5) is 12.5. The minimum Gasteiger partial charge on any atom is -0.298 e. The third-order valence-electron chi connectivity index (χ3n) is 5.46. The molecule has 2 nitrogen and oxygen atoms in total. The topological polar surface area (TPSA) is 40.9 Å². The lowest BCUT2D eigenvalue weighted by Gasteiger charge is -2.60. The lowest BCUT2D eigenvalue weighted by molar-refractivity contribution is -0.155. The number of hydrogen-bond donors (Lipinski definition) is 0. The summed E-state index contributed by atoms with van der Waals surface area (Å²) >= 11 is 0. The summed E-state index contributed by atoms with van der Waals surface area (Å²) in [5.41, 5.74) is 0.281. The first-order chi connectivity index (χ1) is 7.96. The van der Waals surface area contributed by atoms with Crippen LogP contribution in [0.25, 0.3) is 0 Å². The van der Waals surface area contributed by atoms with Gasteiger partial charge in [0.15, 0.2) is 5.78 Å². The van der Waals surface area contributed by atoms with E-state index in [-0.39, 0.29) is 11.2 Å². The Morgan fingerprint density at radius 2 is 1.88 bits per heavy atom. The van der Waals surface area contributed by atoms with Gasteiger partial charge < -0.3 is 0 Å². The van der Waals surface area contributed by atoms with Crippen molar-refractivity contribution in [2.75, 3.05) is 0 Å². The molecule has 0 aromatic heterocycles. The number of Topliss-reactive ketones (excluding diaryl/α,β-unsaturated/α-hetero) is 1. The van der Waals surface area contributed by atoms with Crippen LogP contribution in [-0.2, 0) is 4.79 Å². The van der Waals surface area contributed by atoms with Gasteiger partial charge in [0.1, 0.15) is 5.92 Å². The number of hydrogen-bond acceptors (Lipinski definition) is 2. The van der Waals surface area contributed by atoms with Crippen LogP contribution in [0.3, 0.4) is 0 Å². The molecule has 0 heterocycles. The first-order valence-electron chi connectivity index (χ1n) is 6.90. The summed E-state index contributed by atoms with van der Waals surface area (Å²) in [6, 6.07) is 2.15. The van der Waals surface area contributed by atoms with Gasteiger partial charge in [-0.15, -0.1) is 0 Å². The number of ketones is 1. The van der Waals surface area contributed by atoms with Gasteiger partial charge in [0, 0.05) is 5.41 Å². The maximum atomic E-state index is 12.5. The van der Waals surface area contributed by atoms with E-state index in [0.717, 1.165) is 31.1 Å². The molecule has 3 unspecified atom stereocenters. The quantitative estimate of drug-likeness (QED) is 0.731. The third-order valence-corrected chi connectivity index (χ3v) is 5.46. The van der Waals surface area contributed by atoms with Crippen LogP contribution < -0.4 is 0 Å². The second-order valence-corrected chi connectivity index (χ2v) is 7.27. The lowest BCUT2D eigenvalue weighted by Crippen LogP contribution is -2.54. The third kappa shape index (κ3) is 1.55. The normalized spacial score (nSPS) is 48.8. The smallest absolute Gasteiger partial charge is 0.155 e. The second kappa shape index (κ2) is 3.34. The van der Waals surface area contributed by atoms with Crippen molar-refractivity contribution in [3.05, 3.63) is 0 Å². The van der Waals surface area contributed by atoms with Crippen LogP contribution in [0.2, 0.25) is 0 Å². The SMILES string of the molecule is CC(C#N)C(=O)C12CC3CC(CC(C)(C3)C1)C2. The molecule has 0 spiro atoms. The first kappa shape index (κ1) is 11.3. The van der Waals surface area contributed by atoms with Gasteiger partial charge in [-0.25, -0.2) is 0 Å². The molecular weight excluding hydrogens is 210 g/mol. The Morgan fingerprint density at radius 1 is 1.29 bits per heavy atom. The Morgan fingerprint density at radius 3 is 2.35 bits per heavy atom. The molecule has 17 heavy (non-hydrogen) atoms. The number of nitrogens with zero attached hydrogens (tertiary/aromatic N) is 1. The van der Waals surface area contributed by atoms with E-state index in [9.17, 15) is 4.79 Å². The van der Waals surface area contributed by atoms with E-state index in [0.29, 0.717) is 5.41 Å². The summed E-state index contributed by atoms with van der Waals surface area (Å²) in [6.07, 6.45) is 7.18. The van der Waals surface area contributed by atoms with Crippen LogP contribution in [0.15, 0.2) is 0 Å². The van der Waals surface area contributed by atoms with Gasteiger partial charge in [0.05, 0.1) is 6.07 Å². The van der Waals surface area contributed by atoms with Crippen LogP contribution in [-0.4, -0.2) is 5.78 Å². The fraction of sp³-hybridized carbons (Fsp3) is 0.867. The minimum atomic E-state index is -0.408. The van der Waals surface area contributed by atoms with E-state index in [4.69, 9.17) is 5.26 Å². The number of carbonyl (C=O) groups excluding carboxylic acids is 1. The summed E-state index contributed by atoms with van der Waals surface area (Å²) in [5, 5.41) is 9.00. The summed E-state index contributed by atoms with van der Waals surface area (Å²) < 4.78 is 0. The zero-order valence-electron chi connectivity index (χ0n) is 10.8. The number of rotatable bonds is 2. The van der Waals surface area contributed by atoms with E-state index in [1.54, 1.807) is 6.92 Å². The monoisotopic (exact) mass is 231 g/mol. The highest BCUT2D eigenvalue weighted by Gasteiger charge is 2.59. The molecule has 2 heteroatoms. The molecule has 0 N–H and O–H groups in total. The predicted molar refractivity (Wildman–Crippen MR) is 65.0 cm³/mol. The number of nitriles is 1. The largest absolute Gasteiger partial charge is 0.298 e. The maximum Gasteiger partial charge on any atom is 0.155 e. The van der Waals surface area contributed by atoms with E-state index in [1.165, 1.54) is 19.3 Å². The van der Waals surface area contributed by atoms with Gasteiger partial charge in [-0.05, 0) is 62.7 Å². The summed E-state index contributed by atoms with van der Waals surface area (Å²) in [7, 11) is 0. The molecule has 4 aliphatic rings. The Hall–Kier alpha value is -0.840. The predicted octanol–water partition coefficient (Wildman–Crippen LogP) is 3.32. The van der Waals surface area contributed by atoms with Gasteiger partial charge in [0.25, 0.3) is 0 Å². The van der Waals surface area contributed by atoms with Crippen LogP contribution in [0, 0.1) is 39.9 Å². The molecule has 3 atom stereocenters.